The summed E-state index contributed by atoms with van der Waals surface area (Å²) in [5.74, 6) is -0.0669. The second-order valence-electron chi connectivity index (χ2n) is 6.76. The molecule has 130 valence electrons. The number of amides is 1. The van der Waals surface area contributed by atoms with E-state index in [-0.39, 0.29) is 5.91 Å². The lowest BCUT2D eigenvalue weighted by molar-refractivity contribution is 0.102. The lowest BCUT2D eigenvalue weighted by Crippen LogP contribution is -2.30. The van der Waals surface area contributed by atoms with Crippen LogP contribution in [-0.4, -0.2) is 12.5 Å². The minimum absolute atomic E-state index is 0.0669. The summed E-state index contributed by atoms with van der Waals surface area (Å²) in [6.07, 6.45) is 1.07. The van der Waals surface area contributed by atoms with Crippen molar-refractivity contribution in [2.24, 2.45) is 0 Å². The van der Waals surface area contributed by atoms with Crippen LogP contribution in [0.3, 0.4) is 0 Å². The number of rotatable bonds is 3. The molecule has 0 saturated carbocycles. The molecule has 1 amide bonds. The van der Waals surface area contributed by atoms with E-state index in [1.54, 1.807) is 0 Å². The van der Waals surface area contributed by atoms with Crippen LogP contribution in [-0.2, 0) is 13.0 Å². The number of aryl methyl sites for hydroxylation is 1. The quantitative estimate of drug-likeness (QED) is 0.741. The topological polar surface area (TPSA) is 32.3 Å². The molecule has 0 spiro atoms. The van der Waals surface area contributed by atoms with E-state index in [2.05, 4.69) is 46.6 Å². The predicted molar refractivity (Wildman–Crippen MR) is 107 cm³/mol. The highest BCUT2D eigenvalue weighted by Crippen LogP contribution is 2.25. The van der Waals surface area contributed by atoms with E-state index in [1.165, 1.54) is 16.8 Å². The molecule has 0 saturated heterocycles. The SMILES string of the molecule is Cc1ccccc1C(=O)Nc1ccc(N2CCc3ccccc3C2)cc1. The summed E-state index contributed by atoms with van der Waals surface area (Å²) in [7, 11) is 0. The Kier molecular flexibility index (Phi) is 4.44. The molecular formula is C23H22N2O. The van der Waals surface area contributed by atoms with Crippen molar-refractivity contribution in [3.05, 3.63) is 95.1 Å². The van der Waals surface area contributed by atoms with Gasteiger partial charge < -0.3 is 10.2 Å². The molecule has 3 aromatic carbocycles. The van der Waals surface area contributed by atoms with Gasteiger partial charge in [0, 0.05) is 30.0 Å². The lowest BCUT2D eigenvalue weighted by atomic mass is 9.99. The number of fused-ring (bicyclic) bond motifs is 1. The summed E-state index contributed by atoms with van der Waals surface area (Å²) in [6, 6.07) is 24.4. The van der Waals surface area contributed by atoms with E-state index in [4.69, 9.17) is 0 Å². The first-order valence-corrected chi connectivity index (χ1v) is 8.99. The molecule has 1 aliphatic heterocycles. The number of nitrogens with one attached hydrogen (secondary N) is 1. The Hall–Kier alpha value is -3.07. The molecule has 3 heteroatoms. The maximum Gasteiger partial charge on any atom is 0.255 e. The molecule has 0 unspecified atom stereocenters. The number of hydrogen-bond donors (Lipinski definition) is 1. The third kappa shape index (κ3) is 3.33. The number of carbonyl (C=O) groups excluding carboxylic acids is 1. The van der Waals surface area contributed by atoms with E-state index in [1.807, 2.05) is 43.3 Å². The van der Waals surface area contributed by atoms with Crippen LogP contribution < -0.4 is 10.2 Å². The van der Waals surface area contributed by atoms with Crippen molar-refractivity contribution < 1.29 is 4.79 Å². The number of hydrogen-bond acceptors (Lipinski definition) is 2. The highest BCUT2D eigenvalue weighted by atomic mass is 16.1. The summed E-state index contributed by atoms with van der Waals surface area (Å²) < 4.78 is 0. The number of benzene rings is 3. The molecule has 1 N–H and O–H groups in total. The number of carbonyl (C=O) groups is 1. The fourth-order valence-electron chi connectivity index (χ4n) is 3.50. The molecule has 3 aromatic rings. The van der Waals surface area contributed by atoms with E-state index in [0.29, 0.717) is 5.56 Å². The maximum atomic E-state index is 12.4. The van der Waals surface area contributed by atoms with Gasteiger partial charge in [-0.1, -0.05) is 42.5 Å². The molecule has 0 atom stereocenters. The van der Waals surface area contributed by atoms with E-state index >= 15 is 0 Å². The predicted octanol–water partition coefficient (Wildman–Crippen LogP) is 4.81. The van der Waals surface area contributed by atoms with Crippen molar-refractivity contribution in [3.63, 3.8) is 0 Å². The first-order valence-electron chi connectivity index (χ1n) is 8.99. The van der Waals surface area contributed by atoms with Gasteiger partial charge in [0.05, 0.1) is 0 Å². The van der Waals surface area contributed by atoms with Gasteiger partial charge in [-0.3, -0.25) is 4.79 Å². The molecule has 1 aliphatic rings. The second kappa shape index (κ2) is 7.04. The molecule has 0 fully saturated rings. The highest BCUT2D eigenvalue weighted by Gasteiger charge is 2.16. The third-order valence-corrected chi connectivity index (χ3v) is 5.01. The Morgan fingerprint density at radius 2 is 1.58 bits per heavy atom. The summed E-state index contributed by atoms with van der Waals surface area (Å²) in [5, 5.41) is 2.99. The molecule has 1 heterocycles. The second-order valence-corrected chi connectivity index (χ2v) is 6.76. The van der Waals surface area contributed by atoms with Gasteiger partial charge in [0.2, 0.25) is 0 Å². The van der Waals surface area contributed by atoms with Gasteiger partial charge in [0.25, 0.3) is 5.91 Å². The summed E-state index contributed by atoms with van der Waals surface area (Å²) in [4.78, 5) is 14.8. The smallest absolute Gasteiger partial charge is 0.255 e. The molecule has 26 heavy (non-hydrogen) atoms. The Balaban J connectivity index is 1.46. The average Bonchev–Trinajstić information content (AvgIpc) is 2.68. The average molecular weight is 342 g/mol. The van der Waals surface area contributed by atoms with Crippen LogP contribution in [0.1, 0.15) is 27.0 Å². The zero-order valence-electron chi connectivity index (χ0n) is 14.9. The van der Waals surface area contributed by atoms with Gasteiger partial charge in [-0.15, -0.1) is 0 Å². The first-order chi connectivity index (χ1) is 12.7. The van der Waals surface area contributed by atoms with Gasteiger partial charge in [-0.25, -0.2) is 0 Å². The standard InChI is InChI=1S/C23H22N2O/c1-17-6-2-5-9-22(17)23(26)24-20-10-12-21(13-11-20)25-15-14-18-7-3-4-8-19(18)16-25/h2-13H,14-16H2,1H3,(H,24,26). The van der Waals surface area contributed by atoms with Crippen molar-refractivity contribution in [2.75, 3.05) is 16.8 Å². The minimum Gasteiger partial charge on any atom is -0.367 e. The van der Waals surface area contributed by atoms with Gasteiger partial charge in [0.15, 0.2) is 0 Å². The minimum atomic E-state index is -0.0669. The van der Waals surface area contributed by atoms with Gasteiger partial charge in [-0.2, -0.15) is 0 Å². The Morgan fingerprint density at radius 3 is 2.35 bits per heavy atom. The van der Waals surface area contributed by atoms with Crippen molar-refractivity contribution in [3.8, 4) is 0 Å². The van der Waals surface area contributed by atoms with Crippen LogP contribution >= 0.6 is 0 Å². The van der Waals surface area contributed by atoms with Crippen molar-refractivity contribution in [1.82, 2.24) is 0 Å². The summed E-state index contributed by atoms with van der Waals surface area (Å²) in [6.45, 7) is 3.91. The van der Waals surface area contributed by atoms with Gasteiger partial charge >= 0.3 is 0 Å². The van der Waals surface area contributed by atoms with Crippen LogP contribution in [0.4, 0.5) is 11.4 Å². The van der Waals surface area contributed by atoms with Gasteiger partial charge in [0.1, 0.15) is 0 Å². The molecule has 4 rings (SSSR count). The van der Waals surface area contributed by atoms with Crippen LogP contribution in [0.2, 0.25) is 0 Å². The highest BCUT2D eigenvalue weighted by molar-refractivity contribution is 6.05. The fraction of sp³-hybridized carbons (Fsp3) is 0.174. The monoisotopic (exact) mass is 342 g/mol. The van der Waals surface area contributed by atoms with E-state index in [0.717, 1.165) is 30.8 Å². The lowest BCUT2D eigenvalue weighted by Gasteiger charge is -2.30. The van der Waals surface area contributed by atoms with Crippen LogP contribution in [0.5, 0.6) is 0 Å². The van der Waals surface area contributed by atoms with E-state index < -0.39 is 0 Å². The third-order valence-electron chi connectivity index (χ3n) is 5.01. The Bertz CT molecular complexity index is 931. The van der Waals surface area contributed by atoms with Crippen LogP contribution in [0.25, 0.3) is 0 Å². The van der Waals surface area contributed by atoms with Crippen LogP contribution in [0, 0.1) is 6.92 Å². The Labute approximate surface area is 154 Å². The summed E-state index contributed by atoms with van der Waals surface area (Å²) >= 11 is 0. The zero-order chi connectivity index (χ0) is 17.9. The first kappa shape index (κ1) is 16.4. The molecule has 0 radical (unpaired) electrons. The van der Waals surface area contributed by atoms with Crippen molar-refractivity contribution >= 4 is 17.3 Å². The number of anilines is 2. The molecule has 0 bridgehead atoms. The van der Waals surface area contributed by atoms with E-state index in [9.17, 15) is 4.79 Å². The normalized spacial score (nSPS) is 13.2. The Morgan fingerprint density at radius 1 is 0.885 bits per heavy atom. The number of nitrogens with zero attached hydrogens (tertiary/aromatic N) is 1. The molecule has 3 nitrogen and oxygen atoms in total. The van der Waals surface area contributed by atoms with Crippen LogP contribution in [0.15, 0.2) is 72.8 Å². The van der Waals surface area contributed by atoms with Crippen molar-refractivity contribution in [2.45, 2.75) is 19.9 Å². The maximum absolute atomic E-state index is 12.4. The molecular weight excluding hydrogens is 320 g/mol. The van der Waals surface area contributed by atoms with Gasteiger partial charge in [-0.05, 0) is 60.4 Å². The zero-order valence-corrected chi connectivity index (χ0v) is 14.9. The molecule has 0 aromatic heterocycles. The van der Waals surface area contributed by atoms with Crippen molar-refractivity contribution in [1.29, 1.82) is 0 Å². The fourth-order valence-corrected chi connectivity index (χ4v) is 3.50. The summed E-state index contributed by atoms with van der Waals surface area (Å²) in [5.41, 5.74) is 6.55. The molecule has 0 aliphatic carbocycles. The largest absolute Gasteiger partial charge is 0.367 e.